The molecule has 2 aliphatic heterocycles. The fraction of sp³-hybridized carbons (Fsp3) is 0.438. The molecule has 204 valence electrons. The fourth-order valence-electron chi connectivity index (χ4n) is 5.77. The van der Waals surface area contributed by atoms with Crippen molar-refractivity contribution in [1.29, 1.82) is 0 Å². The Bertz CT molecular complexity index is 1290. The Kier molecular flexibility index (Phi) is 8.54. The van der Waals surface area contributed by atoms with E-state index in [9.17, 15) is 9.59 Å². The van der Waals surface area contributed by atoms with Gasteiger partial charge in [-0.05, 0) is 63.5 Å². The lowest BCUT2D eigenvalue weighted by atomic mass is 9.90. The SMILES string of the molecule is CCOC(=O)C1CCCN(C(=O)c2cnc(-c3cccc(C)c3)nc2N2CCC(Cc3ccccc3)CC2)C1. The quantitative estimate of drug-likeness (QED) is 0.388. The van der Waals surface area contributed by atoms with Crippen LogP contribution in [-0.2, 0) is 16.0 Å². The maximum absolute atomic E-state index is 13.9. The highest BCUT2D eigenvalue weighted by Crippen LogP contribution is 2.30. The Labute approximate surface area is 231 Å². The molecule has 2 fully saturated rings. The van der Waals surface area contributed by atoms with E-state index in [0.717, 1.165) is 56.3 Å². The Morgan fingerprint density at radius 1 is 1.00 bits per heavy atom. The van der Waals surface area contributed by atoms with Crippen LogP contribution in [0.5, 0.6) is 0 Å². The molecule has 1 amide bonds. The summed E-state index contributed by atoms with van der Waals surface area (Å²) in [5.41, 5.74) is 3.96. The number of esters is 1. The molecule has 2 aromatic carbocycles. The average Bonchev–Trinajstić information content (AvgIpc) is 2.98. The lowest BCUT2D eigenvalue weighted by molar-refractivity contribution is -0.149. The topological polar surface area (TPSA) is 75.6 Å². The number of hydrogen-bond acceptors (Lipinski definition) is 6. The van der Waals surface area contributed by atoms with Gasteiger partial charge in [0.1, 0.15) is 11.4 Å². The molecule has 0 spiro atoms. The summed E-state index contributed by atoms with van der Waals surface area (Å²) in [5.74, 6) is 1.31. The summed E-state index contributed by atoms with van der Waals surface area (Å²) >= 11 is 0. The van der Waals surface area contributed by atoms with Gasteiger partial charge in [0.25, 0.3) is 5.91 Å². The van der Waals surface area contributed by atoms with Crippen molar-refractivity contribution in [2.75, 3.05) is 37.7 Å². The molecular weight excluding hydrogens is 488 g/mol. The van der Waals surface area contributed by atoms with Crippen LogP contribution >= 0.6 is 0 Å². The molecule has 7 heteroatoms. The van der Waals surface area contributed by atoms with Crippen LogP contribution in [0.4, 0.5) is 5.82 Å². The number of likely N-dealkylation sites (tertiary alicyclic amines) is 1. The average molecular weight is 527 g/mol. The summed E-state index contributed by atoms with van der Waals surface area (Å²) in [5, 5.41) is 0. The van der Waals surface area contributed by atoms with Gasteiger partial charge in [0.15, 0.2) is 5.82 Å². The summed E-state index contributed by atoms with van der Waals surface area (Å²) in [7, 11) is 0. The van der Waals surface area contributed by atoms with Crippen LogP contribution in [0, 0.1) is 18.8 Å². The molecule has 7 nitrogen and oxygen atoms in total. The molecule has 5 rings (SSSR count). The molecule has 39 heavy (non-hydrogen) atoms. The molecule has 0 saturated carbocycles. The van der Waals surface area contributed by atoms with E-state index in [1.54, 1.807) is 11.1 Å². The number of rotatable bonds is 7. The van der Waals surface area contributed by atoms with Crippen LogP contribution in [0.1, 0.15) is 54.1 Å². The summed E-state index contributed by atoms with van der Waals surface area (Å²) < 4.78 is 5.25. The number of benzene rings is 2. The van der Waals surface area contributed by atoms with Crippen LogP contribution in [-0.4, -0.2) is 59.5 Å². The second-order valence-electron chi connectivity index (χ2n) is 10.8. The van der Waals surface area contributed by atoms with E-state index >= 15 is 0 Å². The predicted octanol–water partition coefficient (Wildman–Crippen LogP) is 5.33. The number of aromatic nitrogens is 2. The van der Waals surface area contributed by atoms with Crippen molar-refractivity contribution in [3.8, 4) is 11.4 Å². The number of hydrogen-bond donors (Lipinski definition) is 0. The largest absolute Gasteiger partial charge is 0.466 e. The standard InChI is InChI=1S/C32H38N4O3/c1-3-39-32(38)27-13-8-16-36(22-27)31(37)28-21-33-29(26-12-7-9-23(2)19-26)34-30(28)35-17-14-25(15-18-35)20-24-10-5-4-6-11-24/h4-7,9-12,19,21,25,27H,3,8,13-18,20,22H2,1-2H3. The molecule has 0 aliphatic carbocycles. The van der Waals surface area contributed by atoms with Gasteiger partial charge in [-0.15, -0.1) is 0 Å². The number of carbonyl (C=O) groups is 2. The summed E-state index contributed by atoms with van der Waals surface area (Å²) in [6.45, 7) is 6.88. The lowest BCUT2D eigenvalue weighted by Crippen LogP contribution is -2.44. The first-order valence-electron chi connectivity index (χ1n) is 14.2. The van der Waals surface area contributed by atoms with Crippen LogP contribution in [0.15, 0.2) is 60.8 Å². The Morgan fingerprint density at radius 3 is 2.54 bits per heavy atom. The molecular formula is C32H38N4O3. The monoisotopic (exact) mass is 526 g/mol. The maximum Gasteiger partial charge on any atom is 0.310 e. The van der Waals surface area contributed by atoms with Crippen molar-refractivity contribution >= 4 is 17.7 Å². The third-order valence-electron chi connectivity index (χ3n) is 7.89. The molecule has 0 radical (unpaired) electrons. The van der Waals surface area contributed by atoms with E-state index in [4.69, 9.17) is 9.72 Å². The van der Waals surface area contributed by atoms with Gasteiger partial charge in [0, 0.05) is 37.9 Å². The number of aryl methyl sites for hydroxylation is 1. The van der Waals surface area contributed by atoms with Gasteiger partial charge in [-0.2, -0.15) is 0 Å². The normalized spacial score (nSPS) is 18.2. The number of piperidine rings is 2. The van der Waals surface area contributed by atoms with Gasteiger partial charge in [0.05, 0.1) is 12.5 Å². The van der Waals surface area contributed by atoms with Gasteiger partial charge in [-0.25, -0.2) is 9.97 Å². The second kappa shape index (κ2) is 12.4. The van der Waals surface area contributed by atoms with Crippen LogP contribution in [0.25, 0.3) is 11.4 Å². The highest BCUT2D eigenvalue weighted by Gasteiger charge is 2.33. The van der Waals surface area contributed by atoms with Crippen LogP contribution in [0.3, 0.4) is 0 Å². The molecule has 0 N–H and O–H groups in total. The summed E-state index contributed by atoms with van der Waals surface area (Å²) in [6, 6.07) is 18.8. The zero-order valence-corrected chi connectivity index (χ0v) is 23.0. The van der Waals surface area contributed by atoms with Crippen molar-refractivity contribution in [3.63, 3.8) is 0 Å². The minimum Gasteiger partial charge on any atom is -0.466 e. The third-order valence-corrected chi connectivity index (χ3v) is 7.89. The maximum atomic E-state index is 13.9. The smallest absolute Gasteiger partial charge is 0.310 e. The van der Waals surface area contributed by atoms with Gasteiger partial charge in [-0.3, -0.25) is 9.59 Å². The van der Waals surface area contributed by atoms with E-state index in [1.165, 1.54) is 5.56 Å². The van der Waals surface area contributed by atoms with E-state index in [1.807, 2.05) is 19.1 Å². The zero-order valence-electron chi connectivity index (χ0n) is 23.0. The van der Waals surface area contributed by atoms with Crippen LogP contribution < -0.4 is 4.90 Å². The summed E-state index contributed by atoms with van der Waals surface area (Å²) in [6.07, 6.45) is 6.36. The number of ether oxygens (including phenoxy) is 1. The van der Waals surface area contributed by atoms with E-state index < -0.39 is 0 Å². The van der Waals surface area contributed by atoms with Crippen molar-refractivity contribution in [2.45, 2.75) is 46.0 Å². The third kappa shape index (κ3) is 6.47. The molecule has 1 unspecified atom stereocenters. The number of nitrogens with zero attached hydrogens (tertiary/aromatic N) is 4. The van der Waals surface area contributed by atoms with Gasteiger partial charge >= 0.3 is 5.97 Å². The van der Waals surface area contributed by atoms with Gasteiger partial charge in [-0.1, -0.05) is 54.1 Å². The molecule has 3 heterocycles. The van der Waals surface area contributed by atoms with Crippen molar-refractivity contribution in [2.24, 2.45) is 11.8 Å². The number of carbonyl (C=O) groups excluding carboxylic acids is 2. The molecule has 1 aromatic heterocycles. The lowest BCUT2D eigenvalue weighted by Gasteiger charge is -2.35. The molecule has 2 saturated heterocycles. The predicted molar refractivity (Wildman–Crippen MR) is 153 cm³/mol. The van der Waals surface area contributed by atoms with Crippen molar-refractivity contribution in [3.05, 3.63) is 77.5 Å². The Hall–Kier alpha value is -3.74. The van der Waals surface area contributed by atoms with Crippen molar-refractivity contribution < 1.29 is 14.3 Å². The van der Waals surface area contributed by atoms with E-state index in [-0.39, 0.29) is 17.8 Å². The minimum absolute atomic E-state index is 0.110. The number of anilines is 1. The Balaban J connectivity index is 1.39. The highest BCUT2D eigenvalue weighted by atomic mass is 16.5. The van der Waals surface area contributed by atoms with Crippen LogP contribution in [0.2, 0.25) is 0 Å². The first-order chi connectivity index (χ1) is 19.0. The molecule has 2 aliphatic rings. The molecule has 0 bridgehead atoms. The fourth-order valence-corrected chi connectivity index (χ4v) is 5.77. The van der Waals surface area contributed by atoms with Gasteiger partial charge in [0.2, 0.25) is 0 Å². The second-order valence-corrected chi connectivity index (χ2v) is 10.8. The highest BCUT2D eigenvalue weighted by molar-refractivity contribution is 5.99. The van der Waals surface area contributed by atoms with E-state index in [0.29, 0.717) is 42.8 Å². The van der Waals surface area contributed by atoms with Crippen molar-refractivity contribution in [1.82, 2.24) is 14.9 Å². The summed E-state index contributed by atoms with van der Waals surface area (Å²) in [4.78, 5) is 39.9. The Morgan fingerprint density at radius 2 is 1.79 bits per heavy atom. The minimum atomic E-state index is -0.285. The molecule has 3 aromatic rings. The number of amides is 1. The van der Waals surface area contributed by atoms with Gasteiger partial charge < -0.3 is 14.5 Å². The first kappa shape index (κ1) is 26.9. The molecule has 1 atom stereocenters. The first-order valence-corrected chi connectivity index (χ1v) is 14.2. The van der Waals surface area contributed by atoms with E-state index in [2.05, 4.69) is 59.3 Å². The zero-order chi connectivity index (χ0) is 27.2.